The van der Waals surface area contributed by atoms with Crippen molar-refractivity contribution in [2.45, 2.75) is 37.9 Å². The molecule has 0 aromatic heterocycles. The van der Waals surface area contributed by atoms with Crippen molar-refractivity contribution in [3.8, 4) is 5.75 Å². The van der Waals surface area contributed by atoms with Gasteiger partial charge in [0.15, 0.2) is 6.61 Å². The fourth-order valence-electron chi connectivity index (χ4n) is 2.92. The number of halogens is 3. The number of rotatable bonds is 9. The van der Waals surface area contributed by atoms with Gasteiger partial charge in [-0.15, -0.1) is 0 Å². The lowest BCUT2D eigenvalue weighted by atomic mass is 10.1. The number of sulfonamides is 1. The van der Waals surface area contributed by atoms with Gasteiger partial charge in [-0.3, -0.25) is 4.79 Å². The maximum atomic E-state index is 12.7. The van der Waals surface area contributed by atoms with Crippen LogP contribution in [0.3, 0.4) is 0 Å². The number of hydrogen-bond donors (Lipinski definition) is 1. The fraction of sp³-hybridized carbons (Fsp3) is 0.381. The first-order valence-electron chi connectivity index (χ1n) is 9.68. The van der Waals surface area contributed by atoms with Crippen LogP contribution >= 0.6 is 0 Å². The normalized spacial score (nSPS) is 13.1. The Kier molecular flexibility index (Phi) is 8.08. The van der Waals surface area contributed by atoms with Gasteiger partial charge in [-0.1, -0.05) is 32.0 Å². The molecule has 1 unspecified atom stereocenters. The summed E-state index contributed by atoms with van der Waals surface area (Å²) in [6.07, 6.45) is -4.50. The van der Waals surface area contributed by atoms with Crippen molar-refractivity contribution in [2.75, 3.05) is 19.7 Å². The van der Waals surface area contributed by atoms with E-state index >= 15 is 0 Å². The number of amides is 1. The molecular formula is C21H25F3N2O4S. The standard InChI is InChI=1S/C21H25F3N2O4S/c1-4-26(5-2)31(28,29)19-11-9-16(10-12-19)15(3)25-20(27)14-30-18-8-6-7-17(13-18)21(22,23)24/h6-13,15H,4-5,14H2,1-3H3,(H,25,27). The number of alkyl halides is 3. The van der Waals surface area contributed by atoms with Crippen LogP contribution in [0, 0.1) is 0 Å². The third-order valence-electron chi connectivity index (χ3n) is 4.63. The van der Waals surface area contributed by atoms with Gasteiger partial charge in [0, 0.05) is 13.1 Å². The fourth-order valence-corrected chi connectivity index (χ4v) is 4.38. The van der Waals surface area contributed by atoms with E-state index in [1.807, 2.05) is 0 Å². The van der Waals surface area contributed by atoms with Crippen LogP contribution in [-0.4, -0.2) is 38.3 Å². The summed E-state index contributed by atoms with van der Waals surface area (Å²) in [7, 11) is -3.57. The monoisotopic (exact) mass is 458 g/mol. The van der Waals surface area contributed by atoms with Crippen LogP contribution in [0.15, 0.2) is 53.4 Å². The SMILES string of the molecule is CCN(CC)S(=O)(=O)c1ccc(C(C)NC(=O)COc2cccc(C(F)(F)F)c2)cc1. The van der Waals surface area contributed by atoms with E-state index in [0.29, 0.717) is 18.7 Å². The topological polar surface area (TPSA) is 75.7 Å². The molecule has 1 atom stereocenters. The van der Waals surface area contributed by atoms with E-state index in [1.165, 1.54) is 28.6 Å². The molecule has 0 aliphatic rings. The van der Waals surface area contributed by atoms with Crippen molar-refractivity contribution >= 4 is 15.9 Å². The van der Waals surface area contributed by atoms with Crippen molar-refractivity contribution < 1.29 is 31.1 Å². The first-order chi connectivity index (χ1) is 14.5. The van der Waals surface area contributed by atoms with Crippen molar-refractivity contribution in [2.24, 2.45) is 0 Å². The van der Waals surface area contributed by atoms with Gasteiger partial charge in [-0.25, -0.2) is 8.42 Å². The zero-order valence-electron chi connectivity index (χ0n) is 17.4. The van der Waals surface area contributed by atoms with E-state index in [2.05, 4.69) is 5.32 Å². The number of benzene rings is 2. The van der Waals surface area contributed by atoms with Crippen LogP contribution in [0.25, 0.3) is 0 Å². The average Bonchev–Trinajstić information content (AvgIpc) is 2.72. The Morgan fingerprint density at radius 1 is 1.10 bits per heavy atom. The summed E-state index contributed by atoms with van der Waals surface area (Å²) in [5.41, 5.74) is -0.190. The van der Waals surface area contributed by atoms with Gasteiger partial charge in [0.25, 0.3) is 5.91 Å². The summed E-state index contributed by atoms with van der Waals surface area (Å²) in [6.45, 7) is 5.48. The Morgan fingerprint density at radius 3 is 2.26 bits per heavy atom. The molecule has 2 rings (SSSR count). The van der Waals surface area contributed by atoms with Crippen molar-refractivity contribution in [3.63, 3.8) is 0 Å². The van der Waals surface area contributed by atoms with E-state index in [-0.39, 0.29) is 10.6 Å². The molecule has 0 saturated heterocycles. The smallest absolute Gasteiger partial charge is 0.416 e. The summed E-state index contributed by atoms with van der Waals surface area (Å²) in [5, 5.41) is 2.67. The molecule has 0 aliphatic heterocycles. The first-order valence-corrected chi connectivity index (χ1v) is 11.1. The van der Waals surface area contributed by atoms with E-state index in [9.17, 15) is 26.4 Å². The third-order valence-corrected chi connectivity index (χ3v) is 6.70. The number of nitrogens with zero attached hydrogens (tertiary/aromatic N) is 1. The quantitative estimate of drug-likeness (QED) is 0.617. The molecule has 0 fully saturated rings. The van der Waals surface area contributed by atoms with Crippen LogP contribution in [-0.2, 0) is 21.0 Å². The predicted octanol–water partition coefficient (Wildman–Crippen LogP) is 3.99. The second kappa shape index (κ2) is 10.1. The summed E-state index contributed by atoms with van der Waals surface area (Å²) in [5.74, 6) is -0.589. The van der Waals surface area contributed by atoms with Crippen LogP contribution < -0.4 is 10.1 Å². The minimum Gasteiger partial charge on any atom is -0.484 e. The molecular weight excluding hydrogens is 433 g/mol. The Balaban J connectivity index is 1.97. The molecule has 2 aromatic carbocycles. The second-order valence-electron chi connectivity index (χ2n) is 6.76. The van der Waals surface area contributed by atoms with Crippen LogP contribution in [0.5, 0.6) is 5.75 Å². The zero-order valence-corrected chi connectivity index (χ0v) is 18.3. The molecule has 0 saturated carbocycles. The van der Waals surface area contributed by atoms with E-state index in [1.54, 1.807) is 32.9 Å². The van der Waals surface area contributed by atoms with E-state index < -0.39 is 40.3 Å². The van der Waals surface area contributed by atoms with E-state index in [4.69, 9.17) is 4.74 Å². The van der Waals surface area contributed by atoms with E-state index in [0.717, 1.165) is 12.1 Å². The Morgan fingerprint density at radius 2 is 1.71 bits per heavy atom. The zero-order chi connectivity index (χ0) is 23.2. The Hall–Kier alpha value is -2.59. The Labute approximate surface area is 180 Å². The minimum atomic E-state index is -4.50. The highest BCUT2D eigenvalue weighted by molar-refractivity contribution is 7.89. The molecule has 170 valence electrons. The summed E-state index contributed by atoms with van der Waals surface area (Å²) in [6, 6.07) is 9.99. The molecule has 0 heterocycles. The minimum absolute atomic E-state index is 0.0661. The molecule has 6 nitrogen and oxygen atoms in total. The van der Waals surface area contributed by atoms with Gasteiger partial charge in [-0.2, -0.15) is 17.5 Å². The van der Waals surface area contributed by atoms with Crippen LogP contribution in [0.1, 0.15) is 37.9 Å². The lowest BCUT2D eigenvalue weighted by Gasteiger charge is -2.19. The number of ether oxygens (including phenoxy) is 1. The van der Waals surface area contributed by atoms with Gasteiger partial charge in [-0.05, 0) is 42.8 Å². The van der Waals surface area contributed by atoms with Crippen molar-refractivity contribution in [1.29, 1.82) is 0 Å². The highest BCUT2D eigenvalue weighted by atomic mass is 32.2. The Bertz CT molecular complexity index is 988. The molecule has 0 bridgehead atoms. The van der Waals surface area contributed by atoms with Crippen LogP contribution in [0.4, 0.5) is 13.2 Å². The molecule has 1 amide bonds. The van der Waals surface area contributed by atoms with Gasteiger partial charge in [0.1, 0.15) is 5.75 Å². The van der Waals surface area contributed by atoms with Crippen LogP contribution in [0.2, 0.25) is 0 Å². The van der Waals surface area contributed by atoms with Crippen molar-refractivity contribution in [3.05, 3.63) is 59.7 Å². The van der Waals surface area contributed by atoms with Gasteiger partial charge in [0.2, 0.25) is 10.0 Å². The number of carbonyl (C=O) groups excluding carboxylic acids is 1. The largest absolute Gasteiger partial charge is 0.484 e. The molecule has 0 radical (unpaired) electrons. The van der Waals surface area contributed by atoms with Crippen molar-refractivity contribution in [1.82, 2.24) is 9.62 Å². The lowest BCUT2D eigenvalue weighted by molar-refractivity contribution is -0.137. The molecule has 0 aliphatic carbocycles. The lowest BCUT2D eigenvalue weighted by Crippen LogP contribution is -2.31. The average molecular weight is 459 g/mol. The maximum absolute atomic E-state index is 12.7. The molecule has 2 aromatic rings. The molecule has 1 N–H and O–H groups in total. The van der Waals surface area contributed by atoms with Gasteiger partial charge < -0.3 is 10.1 Å². The number of hydrogen-bond acceptors (Lipinski definition) is 4. The highest BCUT2D eigenvalue weighted by Gasteiger charge is 2.30. The third kappa shape index (κ3) is 6.44. The van der Waals surface area contributed by atoms with Gasteiger partial charge in [0.05, 0.1) is 16.5 Å². The summed E-state index contributed by atoms with van der Waals surface area (Å²) < 4.78 is 69.8. The highest BCUT2D eigenvalue weighted by Crippen LogP contribution is 2.31. The molecule has 0 spiro atoms. The second-order valence-corrected chi connectivity index (χ2v) is 8.70. The summed E-state index contributed by atoms with van der Waals surface area (Å²) >= 11 is 0. The maximum Gasteiger partial charge on any atom is 0.416 e. The van der Waals surface area contributed by atoms with Gasteiger partial charge >= 0.3 is 6.18 Å². The number of carbonyl (C=O) groups is 1. The first kappa shape index (κ1) is 24.7. The summed E-state index contributed by atoms with van der Waals surface area (Å²) in [4.78, 5) is 12.3. The molecule has 31 heavy (non-hydrogen) atoms. The predicted molar refractivity (Wildman–Crippen MR) is 110 cm³/mol. The number of nitrogens with one attached hydrogen (secondary N) is 1. The molecule has 10 heteroatoms.